The highest BCUT2D eigenvalue weighted by molar-refractivity contribution is 9.10. The van der Waals surface area contributed by atoms with Crippen molar-refractivity contribution in [3.05, 3.63) is 22.7 Å². The molecule has 0 atom stereocenters. The minimum Gasteiger partial charge on any atom is -0.495 e. The molecule has 0 radical (unpaired) electrons. The molecule has 0 spiro atoms. The molecule has 120 valence electrons. The molecule has 7 heteroatoms. The van der Waals surface area contributed by atoms with Gasteiger partial charge in [-0.25, -0.2) is 8.42 Å². The molecular weight excluding hydrogens is 356 g/mol. The summed E-state index contributed by atoms with van der Waals surface area (Å²) in [6.45, 7) is 4.96. The third-order valence-corrected chi connectivity index (χ3v) is 4.67. The molecule has 1 aromatic carbocycles. The summed E-state index contributed by atoms with van der Waals surface area (Å²) in [5.41, 5.74) is 0.451. The second kappa shape index (κ2) is 8.60. The monoisotopic (exact) mass is 378 g/mol. The van der Waals surface area contributed by atoms with E-state index in [0.717, 1.165) is 17.4 Å². The van der Waals surface area contributed by atoms with Crippen LogP contribution in [0.15, 0.2) is 22.7 Å². The van der Waals surface area contributed by atoms with Crippen molar-refractivity contribution in [1.82, 2.24) is 5.32 Å². The third-order valence-electron chi connectivity index (χ3n) is 2.82. The van der Waals surface area contributed by atoms with E-state index < -0.39 is 10.0 Å². The number of benzene rings is 1. The third kappa shape index (κ3) is 7.15. The Hall–Kier alpha value is -0.790. The summed E-state index contributed by atoms with van der Waals surface area (Å²) in [4.78, 5) is 0. The first-order valence-electron chi connectivity index (χ1n) is 6.91. The molecule has 0 aliphatic heterocycles. The zero-order chi connectivity index (χ0) is 15.9. The van der Waals surface area contributed by atoms with Crippen molar-refractivity contribution in [3.63, 3.8) is 0 Å². The molecule has 0 aliphatic rings. The molecule has 0 fully saturated rings. The molecule has 21 heavy (non-hydrogen) atoms. The molecule has 0 heterocycles. The lowest BCUT2D eigenvalue weighted by atomic mass is 10.3. The van der Waals surface area contributed by atoms with Gasteiger partial charge >= 0.3 is 0 Å². The molecular formula is C14H23BrN2O3S. The van der Waals surface area contributed by atoms with Gasteiger partial charge < -0.3 is 10.1 Å². The Morgan fingerprint density at radius 3 is 2.62 bits per heavy atom. The quantitative estimate of drug-likeness (QED) is 0.648. The normalized spacial score (nSPS) is 11.7. The smallest absolute Gasteiger partial charge is 0.232 e. The Bertz CT molecular complexity index is 547. The van der Waals surface area contributed by atoms with Gasteiger partial charge in [-0.15, -0.1) is 0 Å². The van der Waals surface area contributed by atoms with E-state index in [9.17, 15) is 8.42 Å². The lowest BCUT2D eigenvalue weighted by Gasteiger charge is -2.12. The maximum atomic E-state index is 12.1. The molecule has 0 amide bonds. The predicted octanol–water partition coefficient (Wildman–Crippen LogP) is 2.98. The standard InChI is InChI=1S/C14H23BrN2O3S/c1-11(2)16-8-4-5-9-21(18,19)17-13-10-12(15)6-7-14(13)20-3/h6-7,10-11,16-17H,4-5,8-9H2,1-3H3. The van der Waals surface area contributed by atoms with Crippen molar-refractivity contribution in [2.45, 2.75) is 32.7 Å². The average molecular weight is 379 g/mol. The molecule has 1 rings (SSSR count). The highest BCUT2D eigenvalue weighted by Crippen LogP contribution is 2.28. The largest absolute Gasteiger partial charge is 0.495 e. The number of ether oxygens (including phenoxy) is 1. The average Bonchev–Trinajstić information content (AvgIpc) is 2.37. The number of rotatable bonds is 9. The fraction of sp³-hybridized carbons (Fsp3) is 0.571. The van der Waals surface area contributed by atoms with Gasteiger partial charge in [-0.3, -0.25) is 4.72 Å². The maximum Gasteiger partial charge on any atom is 0.232 e. The molecule has 0 unspecified atom stereocenters. The van der Waals surface area contributed by atoms with Gasteiger partial charge in [0, 0.05) is 10.5 Å². The van der Waals surface area contributed by atoms with Crippen molar-refractivity contribution in [1.29, 1.82) is 0 Å². The van der Waals surface area contributed by atoms with E-state index in [1.165, 1.54) is 7.11 Å². The van der Waals surface area contributed by atoms with E-state index in [2.05, 4.69) is 39.8 Å². The number of nitrogens with one attached hydrogen (secondary N) is 2. The molecule has 5 nitrogen and oxygen atoms in total. The van der Waals surface area contributed by atoms with Crippen molar-refractivity contribution >= 4 is 31.6 Å². The highest BCUT2D eigenvalue weighted by atomic mass is 79.9. The van der Waals surface area contributed by atoms with Crippen LogP contribution in [0, 0.1) is 0 Å². The maximum absolute atomic E-state index is 12.1. The summed E-state index contributed by atoms with van der Waals surface area (Å²) in [6.07, 6.45) is 1.44. The van der Waals surface area contributed by atoms with Crippen LogP contribution in [0.25, 0.3) is 0 Å². The van der Waals surface area contributed by atoms with Gasteiger partial charge in [0.2, 0.25) is 10.0 Å². The summed E-state index contributed by atoms with van der Waals surface area (Å²) in [7, 11) is -1.85. The number of hydrogen-bond acceptors (Lipinski definition) is 4. The fourth-order valence-electron chi connectivity index (χ4n) is 1.79. The van der Waals surface area contributed by atoms with Crippen LogP contribution in [-0.2, 0) is 10.0 Å². The second-order valence-electron chi connectivity index (χ2n) is 5.08. The van der Waals surface area contributed by atoms with Gasteiger partial charge in [0.25, 0.3) is 0 Å². The molecule has 2 N–H and O–H groups in total. The molecule has 0 bridgehead atoms. The first-order chi connectivity index (χ1) is 9.84. The first kappa shape index (κ1) is 18.3. The molecule has 1 aromatic rings. The van der Waals surface area contributed by atoms with Crippen molar-refractivity contribution in [2.75, 3.05) is 24.1 Å². The minimum atomic E-state index is -3.36. The zero-order valence-corrected chi connectivity index (χ0v) is 15.1. The lowest BCUT2D eigenvalue weighted by molar-refractivity contribution is 0.417. The van der Waals surface area contributed by atoms with E-state index in [4.69, 9.17) is 4.74 Å². The summed E-state index contributed by atoms with van der Waals surface area (Å²) < 4.78 is 32.7. The van der Waals surface area contributed by atoms with Crippen LogP contribution in [0.2, 0.25) is 0 Å². The molecule has 0 saturated heterocycles. The Kier molecular flexibility index (Phi) is 7.48. The van der Waals surface area contributed by atoms with Gasteiger partial charge in [-0.1, -0.05) is 29.8 Å². The van der Waals surface area contributed by atoms with E-state index in [1.54, 1.807) is 18.2 Å². The number of hydrogen-bond donors (Lipinski definition) is 2. The minimum absolute atomic E-state index is 0.0996. The molecule has 0 saturated carbocycles. The highest BCUT2D eigenvalue weighted by Gasteiger charge is 2.13. The van der Waals surface area contributed by atoms with Crippen molar-refractivity contribution in [3.8, 4) is 5.75 Å². The zero-order valence-electron chi connectivity index (χ0n) is 12.6. The van der Waals surface area contributed by atoms with Crippen LogP contribution in [-0.4, -0.2) is 33.9 Å². The van der Waals surface area contributed by atoms with Gasteiger partial charge in [0.15, 0.2) is 0 Å². The number of methoxy groups -OCH3 is 1. The molecule has 0 aliphatic carbocycles. The van der Waals surface area contributed by atoms with Crippen LogP contribution < -0.4 is 14.8 Å². The molecule has 0 aromatic heterocycles. The Labute approximate surface area is 135 Å². The number of unbranched alkanes of at least 4 members (excludes halogenated alkanes) is 1. The van der Waals surface area contributed by atoms with Gasteiger partial charge in [0.1, 0.15) is 5.75 Å². The number of halogens is 1. The Balaban J connectivity index is 2.54. The van der Waals surface area contributed by atoms with Crippen LogP contribution >= 0.6 is 15.9 Å². The number of sulfonamides is 1. The van der Waals surface area contributed by atoms with E-state index in [0.29, 0.717) is 23.9 Å². The summed E-state index contributed by atoms with van der Waals surface area (Å²) in [5.74, 6) is 0.603. The summed E-state index contributed by atoms with van der Waals surface area (Å²) in [5, 5.41) is 3.27. The van der Waals surface area contributed by atoms with Gasteiger partial charge in [0.05, 0.1) is 18.6 Å². The van der Waals surface area contributed by atoms with Gasteiger partial charge in [-0.05, 0) is 37.6 Å². The number of anilines is 1. The van der Waals surface area contributed by atoms with Crippen LogP contribution in [0.4, 0.5) is 5.69 Å². The van der Waals surface area contributed by atoms with Crippen LogP contribution in [0.1, 0.15) is 26.7 Å². The summed E-state index contributed by atoms with van der Waals surface area (Å²) >= 11 is 3.32. The Morgan fingerprint density at radius 2 is 2.00 bits per heavy atom. The van der Waals surface area contributed by atoms with E-state index in [1.807, 2.05) is 0 Å². The van der Waals surface area contributed by atoms with Crippen LogP contribution in [0.5, 0.6) is 5.75 Å². The van der Waals surface area contributed by atoms with Gasteiger partial charge in [-0.2, -0.15) is 0 Å². The topological polar surface area (TPSA) is 67.4 Å². The van der Waals surface area contributed by atoms with Crippen LogP contribution in [0.3, 0.4) is 0 Å². The summed E-state index contributed by atoms with van der Waals surface area (Å²) in [6, 6.07) is 5.63. The van der Waals surface area contributed by atoms with E-state index in [-0.39, 0.29) is 5.75 Å². The Morgan fingerprint density at radius 1 is 1.29 bits per heavy atom. The second-order valence-corrected chi connectivity index (χ2v) is 7.84. The fourth-order valence-corrected chi connectivity index (χ4v) is 3.33. The van der Waals surface area contributed by atoms with E-state index >= 15 is 0 Å². The van der Waals surface area contributed by atoms with Crippen molar-refractivity contribution < 1.29 is 13.2 Å². The first-order valence-corrected chi connectivity index (χ1v) is 9.36. The SMILES string of the molecule is COc1ccc(Br)cc1NS(=O)(=O)CCCCNC(C)C. The predicted molar refractivity (Wildman–Crippen MR) is 90.5 cm³/mol. The van der Waals surface area contributed by atoms with Crippen molar-refractivity contribution in [2.24, 2.45) is 0 Å². The lowest BCUT2D eigenvalue weighted by Crippen LogP contribution is -2.24.